The number of anilines is 1. The number of rotatable bonds is 2. The van der Waals surface area contributed by atoms with Crippen LogP contribution in [0.25, 0.3) is 0 Å². The molecule has 1 heterocycles. The maximum atomic E-state index is 10.9. The number of halogens is 2. The largest absolute Gasteiger partial charge is 0.363 e. The summed E-state index contributed by atoms with van der Waals surface area (Å²) in [4.78, 5) is 12.5. The summed E-state index contributed by atoms with van der Waals surface area (Å²) in [6, 6.07) is 4.80. The summed E-state index contributed by atoms with van der Waals surface area (Å²) >= 11 is 5.76. The average Bonchev–Trinajstić information content (AvgIpc) is 2.30. The van der Waals surface area contributed by atoms with Crippen LogP contribution in [0.4, 0.5) is 11.4 Å². The highest BCUT2D eigenvalue weighted by Gasteiger charge is 2.20. The molecule has 0 unspecified atom stereocenters. The topological polar surface area (TPSA) is 58.4 Å². The van der Waals surface area contributed by atoms with Crippen molar-refractivity contribution >= 4 is 35.4 Å². The zero-order valence-corrected chi connectivity index (χ0v) is 10.6. The quantitative estimate of drug-likeness (QED) is 0.664. The van der Waals surface area contributed by atoms with Gasteiger partial charge in [0.25, 0.3) is 5.69 Å². The molecule has 0 aromatic heterocycles. The van der Waals surface area contributed by atoms with E-state index in [9.17, 15) is 10.1 Å². The summed E-state index contributed by atoms with van der Waals surface area (Å²) in [5.41, 5.74) is 0.727. The Morgan fingerprint density at radius 2 is 2.00 bits per heavy atom. The molecule has 0 atom stereocenters. The summed E-state index contributed by atoms with van der Waals surface area (Å²) in [5, 5.41) is 14.5. The minimum atomic E-state index is -0.386. The first-order valence-corrected chi connectivity index (χ1v) is 5.46. The molecule has 1 aromatic carbocycles. The molecule has 7 heteroatoms. The SMILES string of the molecule is Cl.O=[N+]([O-])c1cc(Cl)ccc1N1CCNCC1. The van der Waals surface area contributed by atoms with Crippen LogP contribution in [0, 0.1) is 10.1 Å². The van der Waals surface area contributed by atoms with Crippen molar-refractivity contribution in [2.75, 3.05) is 31.1 Å². The maximum Gasteiger partial charge on any atom is 0.294 e. The minimum absolute atomic E-state index is 0. The minimum Gasteiger partial charge on any atom is -0.363 e. The van der Waals surface area contributed by atoms with E-state index in [0.29, 0.717) is 10.7 Å². The van der Waals surface area contributed by atoms with Gasteiger partial charge in [0.15, 0.2) is 0 Å². The summed E-state index contributed by atoms with van der Waals surface area (Å²) < 4.78 is 0. The highest BCUT2D eigenvalue weighted by Crippen LogP contribution is 2.30. The van der Waals surface area contributed by atoms with E-state index in [4.69, 9.17) is 11.6 Å². The molecule has 1 fully saturated rings. The first-order chi connectivity index (χ1) is 7.68. The lowest BCUT2D eigenvalue weighted by Crippen LogP contribution is -2.43. The molecule has 1 saturated heterocycles. The summed E-state index contributed by atoms with van der Waals surface area (Å²) in [6.07, 6.45) is 0. The highest BCUT2D eigenvalue weighted by atomic mass is 35.5. The fourth-order valence-electron chi connectivity index (χ4n) is 1.82. The van der Waals surface area contributed by atoms with Crippen molar-refractivity contribution in [1.29, 1.82) is 0 Å². The molecule has 1 aliphatic rings. The van der Waals surface area contributed by atoms with Crippen molar-refractivity contribution in [3.8, 4) is 0 Å². The van der Waals surface area contributed by atoms with Gasteiger partial charge in [-0.1, -0.05) is 11.6 Å². The predicted octanol–water partition coefficient (Wildman–Crippen LogP) is 2.08. The third-order valence-electron chi connectivity index (χ3n) is 2.59. The van der Waals surface area contributed by atoms with Crippen LogP contribution in [-0.4, -0.2) is 31.1 Å². The summed E-state index contributed by atoms with van der Waals surface area (Å²) in [7, 11) is 0. The Hall–Kier alpha value is -1.04. The third kappa shape index (κ3) is 3.21. The van der Waals surface area contributed by atoms with Crippen LogP contribution in [0.5, 0.6) is 0 Å². The van der Waals surface area contributed by atoms with Crippen LogP contribution in [0.1, 0.15) is 0 Å². The van der Waals surface area contributed by atoms with Gasteiger partial charge in [-0.05, 0) is 12.1 Å². The molecule has 94 valence electrons. The number of nitrogens with one attached hydrogen (secondary N) is 1. The van der Waals surface area contributed by atoms with Crippen LogP contribution < -0.4 is 10.2 Å². The number of nitrogens with zero attached hydrogens (tertiary/aromatic N) is 2. The molecule has 1 aliphatic heterocycles. The zero-order chi connectivity index (χ0) is 11.5. The molecule has 1 aromatic rings. The van der Waals surface area contributed by atoms with Gasteiger partial charge >= 0.3 is 0 Å². The molecule has 17 heavy (non-hydrogen) atoms. The van der Waals surface area contributed by atoms with E-state index >= 15 is 0 Å². The normalized spacial score (nSPS) is 15.2. The van der Waals surface area contributed by atoms with E-state index in [1.54, 1.807) is 12.1 Å². The van der Waals surface area contributed by atoms with Gasteiger partial charge in [-0.2, -0.15) is 0 Å². The predicted molar refractivity (Wildman–Crippen MR) is 70.4 cm³/mol. The summed E-state index contributed by atoms with van der Waals surface area (Å²) in [5.74, 6) is 0. The molecule has 0 radical (unpaired) electrons. The average molecular weight is 278 g/mol. The van der Waals surface area contributed by atoms with Crippen molar-refractivity contribution in [1.82, 2.24) is 5.32 Å². The fraction of sp³-hybridized carbons (Fsp3) is 0.400. The number of nitro benzene ring substituents is 1. The van der Waals surface area contributed by atoms with Gasteiger partial charge in [-0.25, -0.2) is 0 Å². The van der Waals surface area contributed by atoms with Crippen LogP contribution in [-0.2, 0) is 0 Å². The fourth-order valence-corrected chi connectivity index (χ4v) is 1.98. The van der Waals surface area contributed by atoms with Gasteiger partial charge in [-0.15, -0.1) is 12.4 Å². The third-order valence-corrected chi connectivity index (χ3v) is 2.83. The first-order valence-electron chi connectivity index (χ1n) is 5.08. The Morgan fingerprint density at radius 1 is 1.35 bits per heavy atom. The Bertz CT molecular complexity index is 409. The Morgan fingerprint density at radius 3 is 2.59 bits per heavy atom. The molecule has 1 N–H and O–H groups in total. The van der Waals surface area contributed by atoms with E-state index in [1.165, 1.54) is 6.07 Å². The molecule has 5 nitrogen and oxygen atoms in total. The van der Waals surface area contributed by atoms with Gasteiger partial charge in [-0.3, -0.25) is 10.1 Å². The number of benzene rings is 1. The van der Waals surface area contributed by atoms with Crippen LogP contribution in [0.3, 0.4) is 0 Å². The number of hydrogen-bond acceptors (Lipinski definition) is 4. The Balaban J connectivity index is 0.00000144. The van der Waals surface area contributed by atoms with Gasteiger partial charge in [0.2, 0.25) is 0 Å². The maximum absolute atomic E-state index is 10.9. The molecular weight excluding hydrogens is 265 g/mol. The van der Waals surface area contributed by atoms with Crippen molar-refractivity contribution in [2.24, 2.45) is 0 Å². The van der Waals surface area contributed by atoms with Crippen LogP contribution >= 0.6 is 24.0 Å². The number of hydrogen-bond donors (Lipinski definition) is 1. The van der Waals surface area contributed by atoms with E-state index in [2.05, 4.69) is 5.32 Å². The monoisotopic (exact) mass is 277 g/mol. The van der Waals surface area contributed by atoms with Crippen LogP contribution in [0.15, 0.2) is 18.2 Å². The lowest BCUT2D eigenvalue weighted by atomic mass is 10.2. The standard InChI is InChI=1S/C10H12ClN3O2.ClH/c11-8-1-2-9(10(7-8)14(15)16)13-5-3-12-4-6-13;/h1-2,7,12H,3-6H2;1H. The Labute approximate surface area is 110 Å². The molecule has 0 aliphatic carbocycles. The van der Waals surface area contributed by atoms with E-state index < -0.39 is 0 Å². The molecule has 0 saturated carbocycles. The second-order valence-corrected chi connectivity index (χ2v) is 4.06. The van der Waals surface area contributed by atoms with Gasteiger partial charge in [0.05, 0.1) is 4.92 Å². The smallest absolute Gasteiger partial charge is 0.294 e. The van der Waals surface area contributed by atoms with Crippen molar-refractivity contribution in [3.63, 3.8) is 0 Å². The zero-order valence-electron chi connectivity index (χ0n) is 9.06. The second kappa shape index (κ2) is 6.05. The summed E-state index contributed by atoms with van der Waals surface area (Å²) in [6.45, 7) is 3.25. The highest BCUT2D eigenvalue weighted by molar-refractivity contribution is 6.30. The van der Waals surface area contributed by atoms with Gasteiger partial charge in [0.1, 0.15) is 5.69 Å². The number of nitro groups is 1. The second-order valence-electron chi connectivity index (χ2n) is 3.63. The van der Waals surface area contributed by atoms with Crippen molar-refractivity contribution in [3.05, 3.63) is 33.3 Å². The van der Waals surface area contributed by atoms with Crippen molar-refractivity contribution in [2.45, 2.75) is 0 Å². The molecule has 0 bridgehead atoms. The Kier molecular flexibility index (Phi) is 4.99. The van der Waals surface area contributed by atoms with E-state index in [1.807, 2.05) is 4.90 Å². The lowest BCUT2D eigenvalue weighted by molar-refractivity contribution is -0.384. The molecule has 0 spiro atoms. The number of piperazine rings is 1. The van der Waals surface area contributed by atoms with Gasteiger partial charge in [0, 0.05) is 37.3 Å². The van der Waals surface area contributed by atoms with E-state index in [-0.39, 0.29) is 23.0 Å². The van der Waals surface area contributed by atoms with Crippen LogP contribution in [0.2, 0.25) is 5.02 Å². The van der Waals surface area contributed by atoms with Crippen molar-refractivity contribution < 1.29 is 4.92 Å². The molecule has 2 rings (SSSR count). The molecular formula is C10H13Cl2N3O2. The van der Waals surface area contributed by atoms with E-state index in [0.717, 1.165) is 26.2 Å². The lowest BCUT2D eigenvalue weighted by Gasteiger charge is -2.28. The first kappa shape index (κ1) is 14.0. The molecule has 0 amide bonds. The van der Waals surface area contributed by atoms with Gasteiger partial charge < -0.3 is 10.2 Å².